The number of carbonyl (C=O) groups is 1. The molecule has 0 saturated heterocycles. The molecule has 0 radical (unpaired) electrons. The highest BCUT2D eigenvalue weighted by molar-refractivity contribution is 5.95. The summed E-state index contributed by atoms with van der Waals surface area (Å²) < 4.78 is 0. The smallest absolute Gasteiger partial charge is 0.269 e. The first-order valence-corrected chi connectivity index (χ1v) is 3.71. The molecule has 1 amide bonds. The summed E-state index contributed by atoms with van der Waals surface area (Å²) in [6, 6.07) is 0. The largest absolute Gasteiger partial charge is 0.364 e. The molecular weight excluding hydrogens is 170 g/mol. The molecule has 6 heteroatoms. The van der Waals surface area contributed by atoms with Crippen molar-refractivity contribution in [2.45, 2.75) is 13.8 Å². The number of hydrogen-bond acceptors (Lipinski definition) is 4. The Morgan fingerprint density at radius 1 is 1.69 bits per heavy atom. The lowest BCUT2D eigenvalue weighted by Crippen LogP contribution is -2.13. The molecule has 4 N–H and O–H groups in total. The first-order chi connectivity index (χ1) is 6.11. The molecule has 6 nitrogen and oxygen atoms in total. The van der Waals surface area contributed by atoms with E-state index in [0.29, 0.717) is 5.82 Å². The number of nitrogens with one attached hydrogen (secondary N) is 2. The number of imidazole rings is 1. The van der Waals surface area contributed by atoms with E-state index in [1.54, 1.807) is 0 Å². The number of carbonyl (C=O) groups excluding carboxylic acids is 1. The van der Waals surface area contributed by atoms with Crippen molar-refractivity contribution < 1.29 is 4.79 Å². The predicted octanol–water partition coefficient (Wildman–Crippen LogP) is 0.316. The summed E-state index contributed by atoms with van der Waals surface area (Å²) in [4.78, 5) is 17.2. The number of aromatic amines is 1. The molecule has 0 saturated carbocycles. The van der Waals surface area contributed by atoms with Crippen LogP contribution in [0.3, 0.4) is 0 Å². The Kier molecular flexibility index (Phi) is 2.63. The van der Waals surface area contributed by atoms with Gasteiger partial charge in [-0.15, -0.1) is 0 Å². The lowest BCUT2D eigenvalue weighted by molar-refractivity contribution is 0.0997. The number of aromatic nitrogens is 2. The monoisotopic (exact) mass is 181 g/mol. The molecule has 0 unspecified atom stereocenters. The van der Waals surface area contributed by atoms with Gasteiger partial charge in [-0.3, -0.25) is 10.2 Å². The molecule has 0 fully saturated rings. The first kappa shape index (κ1) is 9.24. The van der Waals surface area contributed by atoms with Crippen LogP contribution in [0.15, 0.2) is 11.4 Å². The van der Waals surface area contributed by atoms with Crippen molar-refractivity contribution in [1.29, 1.82) is 0 Å². The van der Waals surface area contributed by atoms with E-state index in [4.69, 9.17) is 5.73 Å². The Labute approximate surface area is 75.2 Å². The molecule has 0 aliphatic carbocycles. The Bertz CT molecular complexity index is 336. The molecule has 1 aromatic heterocycles. The number of hydrogen-bond donors (Lipinski definition) is 3. The maximum absolute atomic E-state index is 10.8. The number of anilines is 1. The molecule has 0 spiro atoms. The van der Waals surface area contributed by atoms with Crippen LogP contribution >= 0.6 is 0 Å². The fourth-order valence-corrected chi connectivity index (χ4v) is 0.732. The number of amides is 1. The molecule has 1 heterocycles. The topological polar surface area (TPSA) is 96.2 Å². The van der Waals surface area contributed by atoms with Crippen LogP contribution < -0.4 is 11.2 Å². The van der Waals surface area contributed by atoms with Gasteiger partial charge < -0.3 is 10.7 Å². The molecule has 0 atom stereocenters. The standard InChI is InChI=1S/C7H11N5O/c1-4(2)11-12-7-5(6(8)13)9-3-10-7/h3,12H,1-2H3,(H2,8,13)(H,9,10). The van der Waals surface area contributed by atoms with Gasteiger partial charge in [0.05, 0.1) is 6.33 Å². The van der Waals surface area contributed by atoms with Crippen molar-refractivity contribution in [3.05, 3.63) is 12.0 Å². The van der Waals surface area contributed by atoms with Gasteiger partial charge in [-0.05, 0) is 13.8 Å². The molecule has 1 rings (SSSR count). The molecule has 70 valence electrons. The molecule has 0 aliphatic rings. The normalized spacial score (nSPS) is 9.38. The van der Waals surface area contributed by atoms with Crippen LogP contribution in [0, 0.1) is 0 Å². The summed E-state index contributed by atoms with van der Waals surface area (Å²) in [5.74, 6) is -0.224. The van der Waals surface area contributed by atoms with Crippen molar-refractivity contribution >= 4 is 17.4 Å². The summed E-state index contributed by atoms with van der Waals surface area (Å²) in [6.07, 6.45) is 1.38. The van der Waals surface area contributed by atoms with Gasteiger partial charge in [0.15, 0.2) is 5.82 Å². The second-order valence-electron chi connectivity index (χ2n) is 2.66. The fraction of sp³-hybridized carbons (Fsp3) is 0.286. The molecule has 0 bridgehead atoms. The third-order valence-corrected chi connectivity index (χ3v) is 1.27. The Morgan fingerprint density at radius 2 is 2.38 bits per heavy atom. The molecule has 13 heavy (non-hydrogen) atoms. The van der Waals surface area contributed by atoms with Crippen molar-refractivity contribution in [1.82, 2.24) is 9.97 Å². The van der Waals surface area contributed by atoms with Crippen LogP contribution in [-0.2, 0) is 0 Å². The van der Waals surface area contributed by atoms with Gasteiger partial charge in [0.2, 0.25) is 0 Å². The van der Waals surface area contributed by atoms with Crippen LogP contribution in [0.1, 0.15) is 24.3 Å². The second kappa shape index (κ2) is 3.70. The van der Waals surface area contributed by atoms with Gasteiger partial charge in [0.1, 0.15) is 5.69 Å². The Morgan fingerprint density at radius 3 is 2.92 bits per heavy atom. The molecule has 0 aliphatic heterocycles. The first-order valence-electron chi connectivity index (χ1n) is 3.71. The van der Waals surface area contributed by atoms with E-state index in [0.717, 1.165) is 5.71 Å². The Hall–Kier alpha value is -1.85. The summed E-state index contributed by atoms with van der Waals surface area (Å²) in [5, 5.41) is 3.89. The van der Waals surface area contributed by atoms with E-state index in [1.165, 1.54) is 6.33 Å². The second-order valence-corrected chi connectivity index (χ2v) is 2.66. The molecule has 1 aromatic rings. The third kappa shape index (κ3) is 2.29. The minimum atomic E-state index is -0.566. The van der Waals surface area contributed by atoms with Crippen molar-refractivity contribution in [3.63, 3.8) is 0 Å². The Balaban J connectivity index is 2.83. The number of nitrogens with zero attached hydrogens (tertiary/aromatic N) is 2. The summed E-state index contributed by atoms with van der Waals surface area (Å²) in [6.45, 7) is 3.65. The van der Waals surface area contributed by atoms with Gasteiger partial charge in [0, 0.05) is 5.71 Å². The number of H-pyrrole nitrogens is 1. The SMILES string of the molecule is CC(C)=NNc1nc[nH]c1C(N)=O. The van der Waals surface area contributed by atoms with E-state index in [2.05, 4.69) is 20.5 Å². The van der Waals surface area contributed by atoms with E-state index >= 15 is 0 Å². The van der Waals surface area contributed by atoms with Crippen molar-refractivity contribution in [3.8, 4) is 0 Å². The number of primary amides is 1. The maximum Gasteiger partial charge on any atom is 0.269 e. The quantitative estimate of drug-likeness (QED) is 0.462. The van der Waals surface area contributed by atoms with E-state index in [1.807, 2.05) is 13.8 Å². The van der Waals surface area contributed by atoms with Gasteiger partial charge in [-0.2, -0.15) is 5.10 Å². The average Bonchev–Trinajstić information content (AvgIpc) is 2.47. The number of hydrazone groups is 1. The average molecular weight is 181 g/mol. The van der Waals surface area contributed by atoms with Crippen molar-refractivity contribution in [2.24, 2.45) is 10.8 Å². The van der Waals surface area contributed by atoms with Crippen LogP contribution in [0.2, 0.25) is 0 Å². The van der Waals surface area contributed by atoms with Crippen LogP contribution in [0.25, 0.3) is 0 Å². The molecule has 0 aromatic carbocycles. The third-order valence-electron chi connectivity index (χ3n) is 1.27. The zero-order valence-corrected chi connectivity index (χ0v) is 7.46. The van der Waals surface area contributed by atoms with Crippen molar-refractivity contribution in [2.75, 3.05) is 5.43 Å². The summed E-state index contributed by atoms with van der Waals surface area (Å²) in [7, 11) is 0. The van der Waals surface area contributed by atoms with Gasteiger partial charge in [-0.1, -0.05) is 0 Å². The molecular formula is C7H11N5O. The zero-order valence-electron chi connectivity index (χ0n) is 7.46. The lowest BCUT2D eigenvalue weighted by Gasteiger charge is -1.97. The zero-order chi connectivity index (χ0) is 9.84. The van der Waals surface area contributed by atoms with Crippen LogP contribution in [-0.4, -0.2) is 21.6 Å². The van der Waals surface area contributed by atoms with E-state index < -0.39 is 5.91 Å². The van der Waals surface area contributed by atoms with Crippen LogP contribution in [0.5, 0.6) is 0 Å². The van der Waals surface area contributed by atoms with Gasteiger partial charge >= 0.3 is 0 Å². The van der Waals surface area contributed by atoms with E-state index in [-0.39, 0.29) is 5.69 Å². The minimum absolute atomic E-state index is 0.227. The highest BCUT2D eigenvalue weighted by Gasteiger charge is 2.09. The number of rotatable bonds is 3. The van der Waals surface area contributed by atoms with Gasteiger partial charge in [-0.25, -0.2) is 4.98 Å². The highest BCUT2D eigenvalue weighted by atomic mass is 16.1. The minimum Gasteiger partial charge on any atom is -0.364 e. The maximum atomic E-state index is 10.8. The fourth-order valence-electron chi connectivity index (χ4n) is 0.732. The predicted molar refractivity (Wildman–Crippen MR) is 49.5 cm³/mol. The summed E-state index contributed by atoms with van der Waals surface area (Å²) in [5.41, 5.74) is 8.74. The summed E-state index contributed by atoms with van der Waals surface area (Å²) >= 11 is 0. The number of nitrogens with two attached hydrogens (primary N) is 1. The van der Waals surface area contributed by atoms with E-state index in [9.17, 15) is 4.79 Å². The highest BCUT2D eigenvalue weighted by Crippen LogP contribution is 2.07. The van der Waals surface area contributed by atoms with Crippen LogP contribution in [0.4, 0.5) is 5.82 Å². The lowest BCUT2D eigenvalue weighted by atomic mass is 10.4. The van der Waals surface area contributed by atoms with Gasteiger partial charge in [0.25, 0.3) is 5.91 Å².